The van der Waals surface area contributed by atoms with Crippen LogP contribution in [0, 0.1) is 11.8 Å². The van der Waals surface area contributed by atoms with Gasteiger partial charge < -0.3 is 19.9 Å². The van der Waals surface area contributed by atoms with Gasteiger partial charge in [0.1, 0.15) is 16.3 Å². The minimum absolute atomic E-state index is 0.338. The molecule has 7 nitrogen and oxygen atoms in total. The number of benzene rings is 1. The highest BCUT2D eigenvalue weighted by molar-refractivity contribution is 7.17. The molecule has 0 spiro atoms. The Morgan fingerprint density at radius 3 is 2.52 bits per heavy atom. The first-order valence-electron chi connectivity index (χ1n) is 10.4. The van der Waals surface area contributed by atoms with Crippen LogP contribution in [0.4, 0.5) is 5.00 Å². The summed E-state index contributed by atoms with van der Waals surface area (Å²) >= 11 is 1.37. The van der Waals surface area contributed by atoms with Crippen molar-refractivity contribution in [2.24, 2.45) is 11.8 Å². The van der Waals surface area contributed by atoms with Crippen LogP contribution >= 0.6 is 11.3 Å². The van der Waals surface area contributed by atoms with Gasteiger partial charge in [0.2, 0.25) is 5.91 Å². The Hall–Kier alpha value is -2.87. The maximum atomic E-state index is 13.1. The summed E-state index contributed by atoms with van der Waals surface area (Å²) < 4.78 is 10.4. The average Bonchev–Trinajstić information content (AvgIpc) is 3.16. The number of thiophene rings is 1. The maximum Gasteiger partial charge on any atom is 0.341 e. The molecule has 0 radical (unpaired) electrons. The van der Waals surface area contributed by atoms with E-state index in [0.29, 0.717) is 23.4 Å². The van der Waals surface area contributed by atoms with Gasteiger partial charge >= 0.3 is 11.9 Å². The molecule has 2 atom stereocenters. The third-order valence-corrected chi connectivity index (χ3v) is 7.40. The molecule has 164 valence electrons. The van der Waals surface area contributed by atoms with Crippen LogP contribution in [0.15, 0.2) is 18.2 Å². The summed E-state index contributed by atoms with van der Waals surface area (Å²) in [7, 11) is 2.93. The Kier molecular flexibility index (Phi) is 6.00. The lowest BCUT2D eigenvalue weighted by atomic mass is 9.78. The number of carbonyl (C=O) groups excluding carboxylic acids is 2. The fourth-order valence-electron chi connectivity index (χ4n) is 4.66. The zero-order valence-electron chi connectivity index (χ0n) is 17.5. The molecule has 0 unspecified atom stereocenters. The van der Waals surface area contributed by atoms with Gasteiger partial charge in [-0.2, -0.15) is 0 Å². The Labute approximate surface area is 184 Å². The lowest BCUT2D eigenvalue weighted by Crippen LogP contribution is -2.36. The fraction of sp³-hybridized carbons (Fsp3) is 0.435. The van der Waals surface area contributed by atoms with Gasteiger partial charge in [-0.25, -0.2) is 4.79 Å². The smallest absolute Gasteiger partial charge is 0.341 e. The van der Waals surface area contributed by atoms with E-state index in [-0.39, 0.29) is 5.91 Å². The van der Waals surface area contributed by atoms with Crippen LogP contribution in [0.1, 0.15) is 46.5 Å². The number of aliphatic carboxylic acids is 1. The van der Waals surface area contributed by atoms with Crippen molar-refractivity contribution in [3.05, 3.63) is 34.2 Å². The Morgan fingerprint density at radius 2 is 1.84 bits per heavy atom. The highest BCUT2D eigenvalue weighted by Crippen LogP contribution is 2.46. The number of nitrogens with one attached hydrogen (secondary N) is 1. The number of amides is 1. The number of carbonyl (C=O) groups is 3. The number of ether oxygens (including phenoxy) is 2. The van der Waals surface area contributed by atoms with Crippen molar-refractivity contribution in [3.63, 3.8) is 0 Å². The standard InChI is InChI=1S/C23H25NO6S/c1-29-13-8-9-14-12(11-13)7-10-17-18(14)19(23(28)30-2)21(31-17)24-20(25)15-5-3-4-6-16(15)22(26)27/h8-9,11,15-16H,3-7,10H2,1-2H3,(H,24,25)(H,26,27)/t15-,16+/m1/s1. The number of rotatable bonds is 5. The molecule has 1 saturated carbocycles. The summed E-state index contributed by atoms with van der Waals surface area (Å²) in [6, 6.07) is 5.75. The average molecular weight is 444 g/mol. The maximum absolute atomic E-state index is 13.1. The summed E-state index contributed by atoms with van der Waals surface area (Å²) in [5, 5.41) is 12.8. The summed E-state index contributed by atoms with van der Waals surface area (Å²) in [4.78, 5) is 38.4. The molecule has 2 aromatic rings. The van der Waals surface area contributed by atoms with Crippen molar-refractivity contribution >= 4 is 34.2 Å². The number of methoxy groups -OCH3 is 2. The van der Waals surface area contributed by atoms with E-state index in [2.05, 4.69) is 5.32 Å². The first-order chi connectivity index (χ1) is 14.9. The molecular formula is C23H25NO6S. The van der Waals surface area contributed by atoms with Crippen LogP contribution < -0.4 is 10.1 Å². The molecule has 31 heavy (non-hydrogen) atoms. The fourth-order valence-corrected chi connectivity index (χ4v) is 5.87. The number of fused-ring (bicyclic) bond motifs is 3. The third-order valence-electron chi connectivity index (χ3n) is 6.23. The van der Waals surface area contributed by atoms with Gasteiger partial charge in [-0.15, -0.1) is 11.3 Å². The van der Waals surface area contributed by atoms with Crippen LogP contribution in [0.3, 0.4) is 0 Å². The molecule has 0 aliphatic heterocycles. The number of hydrogen-bond donors (Lipinski definition) is 2. The van der Waals surface area contributed by atoms with Gasteiger partial charge in [-0.1, -0.05) is 18.9 Å². The van der Waals surface area contributed by atoms with Crippen LogP contribution in [0.25, 0.3) is 11.1 Å². The molecule has 2 N–H and O–H groups in total. The van der Waals surface area contributed by atoms with Crippen molar-refractivity contribution in [1.29, 1.82) is 0 Å². The molecule has 2 aliphatic rings. The monoisotopic (exact) mass is 443 g/mol. The molecule has 0 bridgehead atoms. The Balaban J connectivity index is 1.72. The van der Waals surface area contributed by atoms with E-state index in [9.17, 15) is 19.5 Å². The Morgan fingerprint density at radius 1 is 1.10 bits per heavy atom. The second-order valence-corrected chi connectivity index (χ2v) is 9.05. The minimum Gasteiger partial charge on any atom is -0.497 e. The van der Waals surface area contributed by atoms with Crippen LogP contribution in [-0.2, 0) is 27.2 Å². The van der Waals surface area contributed by atoms with E-state index in [1.807, 2.05) is 18.2 Å². The highest BCUT2D eigenvalue weighted by Gasteiger charge is 2.37. The lowest BCUT2D eigenvalue weighted by Gasteiger charge is -2.27. The first kappa shape index (κ1) is 21.4. The predicted molar refractivity (Wildman–Crippen MR) is 117 cm³/mol. The normalized spacial score (nSPS) is 19.7. The largest absolute Gasteiger partial charge is 0.497 e. The van der Waals surface area contributed by atoms with Gasteiger partial charge in [0.25, 0.3) is 0 Å². The molecule has 8 heteroatoms. The molecular weight excluding hydrogens is 418 g/mol. The first-order valence-corrected chi connectivity index (χ1v) is 11.2. The van der Waals surface area contributed by atoms with Crippen LogP contribution in [0.2, 0.25) is 0 Å². The minimum atomic E-state index is -0.943. The van der Waals surface area contributed by atoms with Crippen LogP contribution in [0.5, 0.6) is 5.75 Å². The lowest BCUT2D eigenvalue weighted by molar-refractivity contribution is -0.147. The topological polar surface area (TPSA) is 102 Å². The summed E-state index contributed by atoms with van der Waals surface area (Å²) in [6.07, 6.45) is 4.19. The van der Waals surface area contributed by atoms with Gasteiger partial charge in [0.15, 0.2) is 0 Å². The molecule has 1 amide bonds. The van der Waals surface area contributed by atoms with Crippen molar-refractivity contribution < 1.29 is 29.0 Å². The number of aryl methyl sites for hydroxylation is 2. The van der Waals surface area contributed by atoms with Crippen LogP contribution in [-0.4, -0.2) is 37.2 Å². The predicted octanol–water partition coefficient (Wildman–Crippen LogP) is 4.14. The van der Waals surface area contributed by atoms with Crippen molar-refractivity contribution in [2.45, 2.75) is 38.5 Å². The van der Waals surface area contributed by atoms with Crippen molar-refractivity contribution in [2.75, 3.05) is 19.5 Å². The number of anilines is 1. The SMILES string of the molecule is COC(=O)c1c(NC(=O)[C@@H]2CCCC[C@@H]2C(=O)O)sc2c1-c1ccc(OC)cc1CC2. The quantitative estimate of drug-likeness (QED) is 0.674. The van der Waals surface area contributed by atoms with Crippen molar-refractivity contribution in [1.82, 2.24) is 0 Å². The number of hydrogen-bond acceptors (Lipinski definition) is 6. The summed E-state index contributed by atoms with van der Waals surface area (Å²) in [6.45, 7) is 0. The molecule has 0 saturated heterocycles. The van der Waals surface area contributed by atoms with E-state index in [0.717, 1.165) is 53.0 Å². The van der Waals surface area contributed by atoms with E-state index in [1.165, 1.54) is 18.4 Å². The van der Waals surface area contributed by atoms with Gasteiger partial charge in [0.05, 0.1) is 26.1 Å². The number of esters is 1. The molecule has 4 rings (SSSR count). The van der Waals surface area contributed by atoms with E-state index >= 15 is 0 Å². The Bertz CT molecular complexity index is 1040. The zero-order chi connectivity index (χ0) is 22.1. The van der Waals surface area contributed by atoms with E-state index in [1.54, 1.807) is 7.11 Å². The van der Waals surface area contributed by atoms with Crippen molar-refractivity contribution in [3.8, 4) is 16.9 Å². The molecule has 1 heterocycles. The van der Waals surface area contributed by atoms with Gasteiger partial charge in [0, 0.05) is 10.4 Å². The third kappa shape index (κ3) is 3.92. The van der Waals surface area contributed by atoms with Gasteiger partial charge in [-0.3, -0.25) is 9.59 Å². The van der Waals surface area contributed by atoms with Gasteiger partial charge in [-0.05, 0) is 48.9 Å². The molecule has 1 fully saturated rings. The summed E-state index contributed by atoms with van der Waals surface area (Å²) in [5.74, 6) is -2.35. The second-order valence-electron chi connectivity index (χ2n) is 7.94. The number of carboxylic acid groups (broad SMARTS) is 1. The summed E-state index contributed by atoms with van der Waals surface area (Å²) in [5.41, 5.74) is 3.13. The van der Waals surface area contributed by atoms with E-state index < -0.39 is 23.8 Å². The molecule has 2 aliphatic carbocycles. The second kappa shape index (κ2) is 8.70. The molecule has 1 aromatic carbocycles. The number of carboxylic acids is 1. The molecule has 1 aromatic heterocycles. The van der Waals surface area contributed by atoms with E-state index in [4.69, 9.17) is 9.47 Å². The zero-order valence-corrected chi connectivity index (χ0v) is 18.3. The highest BCUT2D eigenvalue weighted by atomic mass is 32.1.